The summed E-state index contributed by atoms with van der Waals surface area (Å²) in [4.78, 5) is 26.0. The van der Waals surface area contributed by atoms with Gasteiger partial charge in [0.15, 0.2) is 0 Å². The molecule has 0 aliphatic heterocycles. The van der Waals surface area contributed by atoms with Crippen LogP contribution in [0.2, 0.25) is 0 Å². The number of rotatable bonds is 7. The van der Waals surface area contributed by atoms with Gasteiger partial charge in [-0.2, -0.15) is 0 Å². The fourth-order valence-corrected chi connectivity index (χ4v) is 3.78. The summed E-state index contributed by atoms with van der Waals surface area (Å²) in [5.74, 6) is 0.424. The van der Waals surface area contributed by atoms with Crippen molar-refractivity contribution in [2.75, 3.05) is 0 Å². The summed E-state index contributed by atoms with van der Waals surface area (Å²) in [6.07, 6.45) is 5.93. The Hall–Kier alpha value is -2.54. The quantitative estimate of drug-likeness (QED) is 0.634. The molecule has 148 valence electrons. The summed E-state index contributed by atoms with van der Waals surface area (Å²) in [5, 5.41) is 5.92. The van der Waals surface area contributed by atoms with Gasteiger partial charge in [-0.15, -0.1) is 11.3 Å². The third-order valence-corrected chi connectivity index (χ3v) is 5.56. The SMILES string of the molecule is CCC(C)NC(=O)c1cc(-c2csc(-c3cnccn3)n2)n(CC(C)C)c1C. The average Bonchev–Trinajstić information content (AvgIpc) is 3.28. The number of carbonyl (C=O) groups is 1. The molecule has 1 amide bonds. The molecule has 3 rings (SSSR count). The van der Waals surface area contributed by atoms with Crippen LogP contribution in [0.4, 0.5) is 0 Å². The molecular weight excluding hydrogens is 370 g/mol. The smallest absolute Gasteiger partial charge is 0.253 e. The molecule has 7 heteroatoms. The average molecular weight is 398 g/mol. The van der Waals surface area contributed by atoms with Gasteiger partial charge in [-0.05, 0) is 32.3 Å². The number of carbonyl (C=O) groups excluding carboxylic acids is 1. The number of aromatic nitrogens is 4. The summed E-state index contributed by atoms with van der Waals surface area (Å²) in [6, 6.07) is 2.11. The second-order valence-corrected chi connectivity index (χ2v) is 8.30. The number of thiazole rings is 1. The van der Waals surface area contributed by atoms with Crippen molar-refractivity contribution in [2.45, 2.75) is 53.6 Å². The molecule has 28 heavy (non-hydrogen) atoms. The maximum Gasteiger partial charge on any atom is 0.253 e. The number of hydrogen-bond acceptors (Lipinski definition) is 5. The zero-order chi connectivity index (χ0) is 20.3. The van der Waals surface area contributed by atoms with E-state index < -0.39 is 0 Å². The van der Waals surface area contributed by atoms with Crippen molar-refractivity contribution in [3.05, 3.63) is 41.3 Å². The molecule has 1 N–H and O–H groups in total. The van der Waals surface area contributed by atoms with E-state index in [0.717, 1.165) is 40.7 Å². The minimum atomic E-state index is -0.0278. The van der Waals surface area contributed by atoms with Crippen molar-refractivity contribution < 1.29 is 4.79 Å². The standard InChI is InChI=1S/C21H27N5OS/c1-6-14(4)24-20(27)16-9-19(26(15(16)5)11-13(2)3)18-12-28-21(25-18)17-10-22-7-8-23-17/h7-10,12-14H,6,11H2,1-5H3,(H,24,27). The third kappa shape index (κ3) is 4.30. The van der Waals surface area contributed by atoms with E-state index in [9.17, 15) is 4.79 Å². The Bertz CT molecular complexity index is 945. The van der Waals surface area contributed by atoms with Gasteiger partial charge in [-0.1, -0.05) is 20.8 Å². The number of nitrogens with zero attached hydrogens (tertiary/aromatic N) is 4. The van der Waals surface area contributed by atoms with Crippen LogP contribution >= 0.6 is 11.3 Å². The lowest BCUT2D eigenvalue weighted by Gasteiger charge is -2.14. The van der Waals surface area contributed by atoms with Gasteiger partial charge in [0.05, 0.1) is 23.1 Å². The zero-order valence-electron chi connectivity index (χ0n) is 17.1. The number of hydrogen-bond donors (Lipinski definition) is 1. The predicted octanol–water partition coefficient (Wildman–Crippen LogP) is 4.56. The van der Waals surface area contributed by atoms with Crippen LogP contribution in [0.25, 0.3) is 22.1 Å². The Labute approximate surface area is 170 Å². The highest BCUT2D eigenvalue weighted by Gasteiger charge is 2.21. The normalized spacial score (nSPS) is 12.4. The first-order chi connectivity index (χ1) is 13.4. The van der Waals surface area contributed by atoms with Crippen molar-refractivity contribution in [2.24, 2.45) is 5.92 Å². The lowest BCUT2D eigenvalue weighted by Crippen LogP contribution is -2.32. The molecule has 0 fully saturated rings. The fourth-order valence-electron chi connectivity index (χ4n) is 3.01. The first-order valence-electron chi connectivity index (χ1n) is 9.64. The van der Waals surface area contributed by atoms with Crippen molar-refractivity contribution in [3.8, 4) is 22.1 Å². The first-order valence-corrected chi connectivity index (χ1v) is 10.5. The van der Waals surface area contributed by atoms with Crippen molar-refractivity contribution in [1.82, 2.24) is 24.8 Å². The molecule has 0 aliphatic rings. The number of nitrogens with one attached hydrogen (secondary N) is 1. The van der Waals surface area contributed by atoms with Gasteiger partial charge in [0.2, 0.25) is 0 Å². The topological polar surface area (TPSA) is 72.7 Å². The van der Waals surface area contributed by atoms with E-state index in [2.05, 4.69) is 40.6 Å². The summed E-state index contributed by atoms with van der Waals surface area (Å²) in [6.45, 7) is 11.3. The molecule has 0 radical (unpaired) electrons. The molecule has 0 aromatic carbocycles. The maximum absolute atomic E-state index is 12.8. The molecule has 6 nitrogen and oxygen atoms in total. The van der Waals surface area contributed by atoms with Crippen LogP contribution in [0.1, 0.15) is 50.2 Å². The monoisotopic (exact) mass is 397 g/mol. The van der Waals surface area contributed by atoms with Crippen molar-refractivity contribution in [1.29, 1.82) is 0 Å². The lowest BCUT2D eigenvalue weighted by atomic mass is 10.2. The highest BCUT2D eigenvalue weighted by molar-refractivity contribution is 7.13. The summed E-state index contributed by atoms with van der Waals surface area (Å²) >= 11 is 1.54. The predicted molar refractivity (Wildman–Crippen MR) is 113 cm³/mol. The van der Waals surface area contributed by atoms with Gasteiger partial charge in [-0.25, -0.2) is 4.98 Å². The van der Waals surface area contributed by atoms with E-state index in [1.54, 1.807) is 18.6 Å². The van der Waals surface area contributed by atoms with Gasteiger partial charge >= 0.3 is 0 Å². The maximum atomic E-state index is 12.8. The van der Waals surface area contributed by atoms with Gasteiger partial charge in [0, 0.05) is 36.1 Å². The molecule has 1 unspecified atom stereocenters. The van der Waals surface area contributed by atoms with Crippen LogP contribution in [0.5, 0.6) is 0 Å². The van der Waals surface area contributed by atoms with Crippen LogP contribution in [0.15, 0.2) is 30.0 Å². The molecule has 0 saturated carbocycles. The Balaban J connectivity index is 2.01. The molecule has 0 spiro atoms. The molecule has 3 aromatic heterocycles. The largest absolute Gasteiger partial charge is 0.350 e. The molecular formula is C21H27N5OS. The van der Waals surface area contributed by atoms with Crippen LogP contribution in [0.3, 0.4) is 0 Å². The summed E-state index contributed by atoms with van der Waals surface area (Å²) < 4.78 is 2.20. The molecule has 0 bridgehead atoms. The minimum absolute atomic E-state index is 0.0278. The molecule has 0 aliphatic carbocycles. The van der Waals surface area contributed by atoms with E-state index >= 15 is 0 Å². The van der Waals surface area contributed by atoms with Gasteiger partial charge < -0.3 is 9.88 Å². The molecule has 1 atom stereocenters. The van der Waals surface area contributed by atoms with E-state index in [1.165, 1.54) is 11.3 Å². The fraction of sp³-hybridized carbons (Fsp3) is 0.429. The van der Waals surface area contributed by atoms with Crippen LogP contribution in [-0.2, 0) is 6.54 Å². The third-order valence-electron chi connectivity index (χ3n) is 4.70. The molecule has 3 aromatic rings. The van der Waals surface area contributed by atoms with Crippen molar-refractivity contribution >= 4 is 17.2 Å². The van der Waals surface area contributed by atoms with E-state index in [-0.39, 0.29) is 11.9 Å². The summed E-state index contributed by atoms with van der Waals surface area (Å²) in [7, 11) is 0. The van der Waals surface area contributed by atoms with E-state index in [1.807, 2.05) is 25.3 Å². The Morgan fingerprint density at radius 3 is 2.68 bits per heavy atom. The van der Waals surface area contributed by atoms with Crippen LogP contribution in [0, 0.1) is 12.8 Å². The van der Waals surface area contributed by atoms with E-state index in [0.29, 0.717) is 11.5 Å². The van der Waals surface area contributed by atoms with Gasteiger partial charge in [0.25, 0.3) is 5.91 Å². The second-order valence-electron chi connectivity index (χ2n) is 7.44. The first kappa shape index (κ1) is 20.2. The highest BCUT2D eigenvalue weighted by atomic mass is 32.1. The van der Waals surface area contributed by atoms with Crippen LogP contribution in [-0.4, -0.2) is 31.5 Å². The van der Waals surface area contributed by atoms with Gasteiger partial charge in [0.1, 0.15) is 10.7 Å². The van der Waals surface area contributed by atoms with E-state index in [4.69, 9.17) is 4.98 Å². The Kier molecular flexibility index (Phi) is 6.24. The van der Waals surface area contributed by atoms with Gasteiger partial charge in [-0.3, -0.25) is 14.8 Å². The Morgan fingerprint density at radius 1 is 1.25 bits per heavy atom. The zero-order valence-corrected chi connectivity index (χ0v) is 17.9. The van der Waals surface area contributed by atoms with Crippen molar-refractivity contribution in [3.63, 3.8) is 0 Å². The highest BCUT2D eigenvalue weighted by Crippen LogP contribution is 2.31. The Morgan fingerprint density at radius 2 is 2.04 bits per heavy atom. The molecule has 0 saturated heterocycles. The minimum Gasteiger partial charge on any atom is -0.350 e. The molecule has 3 heterocycles. The lowest BCUT2D eigenvalue weighted by molar-refractivity contribution is 0.0938. The second kappa shape index (κ2) is 8.65. The summed E-state index contributed by atoms with van der Waals surface area (Å²) in [5.41, 5.74) is 4.26. The van der Waals surface area contributed by atoms with Crippen LogP contribution < -0.4 is 5.32 Å². The number of amides is 1.